The van der Waals surface area contributed by atoms with Crippen LogP contribution in [-0.4, -0.2) is 24.5 Å². The van der Waals surface area contributed by atoms with Crippen molar-refractivity contribution in [3.8, 4) is 0 Å². The van der Waals surface area contributed by atoms with Crippen molar-refractivity contribution >= 4 is 38.1 Å². The van der Waals surface area contributed by atoms with Gasteiger partial charge in [-0.2, -0.15) is 8.42 Å². The monoisotopic (exact) mass is 432 g/mol. The van der Waals surface area contributed by atoms with Gasteiger partial charge in [0.15, 0.2) is 0 Å². The van der Waals surface area contributed by atoms with Crippen LogP contribution in [0.25, 0.3) is 0 Å². The zero-order valence-corrected chi connectivity index (χ0v) is 17.9. The minimum atomic E-state index is -3.84. The molecule has 1 heterocycles. The van der Waals surface area contributed by atoms with Crippen LogP contribution in [0, 0.1) is 17.8 Å². The molecular weight excluding hydrogens is 408 g/mol. The van der Waals surface area contributed by atoms with Crippen LogP contribution in [0.5, 0.6) is 0 Å². The van der Waals surface area contributed by atoms with Crippen LogP contribution in [0.15, 0.2) is 28.6 Å². The number of rotatable bonds is 5. The lowest BCUT2D eigenvalue weighted by Crippen LogP contribution is -2.48. The lowest BCUT2D eigenvalue weighted by atomic mass is 9.48. The number of benzene rings is 1. The Balaban J connectivity index is 1.33. The molecule has 4 fully saturated rings. The zero-order valence-electron chi connectivity index (χ0n) is 16.2. The summed E-state index contributed by atoms with van der Waals surface area (Å²) in [4.78, 5) is 11.1. The van der Waals surface area contributed by atoms with E-state index < -0.39 is 10.0 Å². The van der Waals surface area contributed by atoms with Crippen LogP contribution in [0.4, 0.5) is 10.8 Å². The molecule has 1 aromatic carbocycles. The van der Waals surface area contributed by atoms with E-state index in [1.807, 2.05) is 12.1 Å². The molecule has 9 heteroatoms. The molecule has 2 aromatic rings. The fraction of sp³-hybridized carbons (Fsp3) is 0.550. The quantitative estimate of drug-likeness (QED) is 0.701. The Morgan fingerprint density at radius 2 is 1.62 bits per heavy atom. The molecule has 0 unspecified atom stereocenters. The molecule has 4 saturated carbocycles. The average molecular weight is 433 g/mol. The molecule has 1 aromatic heterocycles. The van der Waals surface area contributed by atoms with Crippen molar-refractivity contribution in [1.29, 1.82) is 0 Å². The number of carbonyl (C=O) groups is 1. The largest absolute Gasteiger partial charge is 0.301 e. The highest BCUT2D eigenvalue weighted by Crippen LogP contribution is 2.60. The molecule has 6 rings (SSSR count). The van der Waals surface area contributed by atoms with Gasteiger partial charge in [-0.05, 0) is 79.4 Å². The Bertz CT molecular complexity index is 1010. The molecule has 0 saturated heterocycles. The van der Waals surface area contributed by atoms with Crippen molar-refractivity contribution in [3.05, 3.63) is 29.8 Å². The van der Waals surface area contributed by atoms with Gasteiger partial charge >= 0.3 is 0 Å². The number of aromatic nitrogens is 2. The normalized spacial score (nSPS) is 30.3. The summed E-state index contributed by atoms with van der Waals surface area (Å²) in [5.74, 6) is 2.29. The van der Waals surface area contributed by atoms with E-state index in [0.717, 1.165) is 29.1 Å². The number of hydrogen-bond donors (Lipinski definition) is 2. The van der Waals surface area contributed by atoms with E-state index in [4.69, 9.17) is 0 Å². The van der Waals surface area contributed by atoms with Gasteiger partial charge in [0.05, 0.1) is 0 Å². The number of nitrogens with zero attached hydrogens (tertiary/aromatic N) is 2. The van der Waals surface area contributed by atoms with E-state index >= 15 is 0 Å². The second-order valence-corrected chi connectivity index (χ2v) is 11.8. The van der Waals surface area contributed by atoms with Crippen LogP contribution in [0.2, 0.25) is 0 Å². The molecule has 0 aliphatic heterocycles. The van der Waals surface area contributed by atoms with E-state index in [2.05, 4.69) is 32.4 Å². The Hall–Kier alpha value is -2.00. The second-order valence-electron chi connectivity index (χ2n) is 8.94. The molecule has 0 radical (unpaired) electrons. The van der Waals surface area contributed by atoms with Gasteiger partial charge in [-0.25, -0.2) is 0 Å². The third-order valence-electron chi connectivity index (χ3n) is 6.71. The van der Waals surface area contributed by atoms with Gasteiger partial charge in [0.1, 0.15) is 0 Å². The number of carbonyl (C=O) groups excluding carboxylic acids is 1. The summed E-state index contributed by atoms with van der Waals surface area (Å²) in [6, 6.07) is 7.88. The molecule has 4 aliphatic carbocycles. The summed E-state index contributed by atoms with van der Waals surface area (Å²) in [5.41, 5.74) is 2.15. The van der Waals surface area contributed by atoms with E-state index in [-0.39, 0.29) is 15.4 Å². The maximum Gasteiger partial charge on any atom is 0.291 e. The molecule has 7 nitrogen and oxygen atoms in total. The van der Waals surface area contributed by atoms with E-state index in [9.17, 15) is 13.2 Å². The Kier molecular flexibility index (Phi) is 4.43. The Morgan fingerprint density at radius 3 is 2.17 bits per heavy atom. The van der Waals surface area contributed by atoms with Crippen molar-refractivity contribution in [1.82, 2.24) is 10.2 Å². The molecule has 4 aliphatic rings. The van der Waals surface area contributed by atoms with Gasteiger partial charge in [-0.3, -0.25) is 9.52 Å². The maximum atomic E-state index is 12.6. The topological polar surface area (TPSA) is 101 Å². The third kappa shape index (κ3) is 3.54. The smallest absolute Gasteiger partial charge is 0.291 e. The van der Waals surface area contributed by atoms with Crippen LogP contribution in [0.1, 0.15) is 51.0 Å². The lowest BCUT2D eigenvalue weighted by Gasteiger charge is -2.57. The van der Waals surface area contributed by atoms with Crippen molar-refractivity contribution in [2.75, 3.05) is 10.0 Å². The van der Waals surface area contributed by atoms with Gasteiger partial charge in [0, 0.05) is 12.6 Å². The first-order chi connectivity index (χ1) is 13.8. The predicted octanol–water partition coefficient (Wildman–Crippen LogP) is 3.77. The van der Waals surface area contributed by atoms with Crippen molar-refractivity contribution in [3.63, 3.8) is 0 Å². The van der Waals surface area contributed by atoms with Gasteiger partial charge < -0.3 is 5.32 Å². The number of amides is 1. The highest BCUT2D eigenvalue weighted by molar-refractivity contribution is 7.94. The molecule has 0 spiro atoms. The maximum absolute atomic E-state index is 12.6. The summed E-state index contributed by atoms with van der Waals surface area (Å²) in [6.07, 6.45) is 8.04. The molecule has 4 bridgehead atoms. The zero-order chi connectivity index (χ0) is 20.2. The van der Waals surface area contributed by atoms with Crippen LogP contribution < -0.4 is 10.0 Å². The summed E-state index contributed by atoms with van der Waals surface area (Å²) in [7, 11) is -3.84. The van der Waals surface area contributed by atoms with Crippen molar-refractivity contribution in [2.24, 2.45) is 17.8 Å². The van der Waals surface area contributed by atoms with Crippen LogP contribution in [-0.2, 0) is 20.2 Å². The van der Waals surface area contributed by atoms with Gasteiger partial charge in [0.2, 0.25) is 11.0 Å². The lowest BCUT2D eigenvalue weighted by molar-refractivity contribution is -0.114. The van der Waals surface area contributed by atoms with Gasteiger partial charge in [0.25, 0.3) is 14.4 Å². The summed E-state index contributed by atoms with van der Waals surface area (Å²) in [5, 5.41) is 9.99. The fourth-order valence-electron chi connectivity index (χ4n) is 6.07. The van der Waals surface area contributed by atoms with E-state index in [1.165, 1.54) is 51.0 Å². The molecule has 2 N–H and O–H groups in total. The average Bonchev–Trinajstić information content (AvgIpc) is 3.09. The highest BCUT2D eigenvalue weighted by Gasteiger charge is 2.51. The first-order valence-electron chi connectivity index (χ1n) is 10.1. The standard InChI is InChI=1S/C20H24N4O3S2/c1-12(25)21-18-22-23-19(28-18)29(26,27)24-17-4-2-16(3-5-17)20-9-13-6-14(10-20)8-15(7-13)11-20/h2-5,13-15,24H,6-11H2,1H3,(H,21,22,25). The first kappa shape index (κ1) is 19.0. The number of nitrogens with one attached hydrogen (secondary N) is 2. The summed E-state index contributed by atoms with van der Waals surface area (Å²) >= 11 is 0.825. The summed E-state index contributed by atoms with van der Waals surface area (Å²) in [6.45, 7) is 1.33. The summed E-state index contributed by atoms with van der Waals surface area (Å²) < 4.78 is 27.6. The fourth-order valence-corrected chi connectivity index (χ4v) is 8.08. The van der Waals surface area contributed by atoms with Crippen LogP contribution >= 0.6 is 11.3 Å². The van der Waals surface area contributed by atoms with Gasteiger partial charge in [-0.15, -0.1) is 10.2 Å². The first-order valence-corrected chi connectivity index (χ1v) is 12.4. The van der Waals surface area contributed by atoms with Crippen LogP contribution in [0.3, 0.4) is 0 Å². The third-order valence-corrected chi connectivity index (χ3v) is 9.29. The number of hydrogen-bond acceptors (Lipinski definition) is 6. The Morgan fingerprint density at radius 1 is 1.03 bits per heavy atom. The molecule has 0 atom stereocenters. The molecule has 29 heavy (non-hydrogen) atoms. The minimum absolute atomic E-state index is 0.162. The van der Waals surface area contributed by atoms with Crippen molar-refractivity contribution in [2.45, 2.75) is 55.2 Å². The highest BCUT2D eigenvalue weighted by atomic mass is 32.2. The molecular formula is C20H24N4O3S2. The molecule has 154 valence electrons. The predicted molar refractivity (Wildman–Crippen MR) is 111 cm³/mol. The second kappa shape index (κ2) is 6.77. The van der Waals surface area contributed by atoms with Crippen molar-refractivity contribution < 1.29 is 13.2 Å². The number of anilines is 2. The minimum Gasteiger partial charge on any atom is -0.301 e. The number of sulfonamides is 1. The van der Waals surface area contributed by atoms with Gasteiger partial charge in [-0.1, -0.05) is 23.5 Å². The SMILES string of the molecule is CC(=O)Nc1nnc(S(=O)(=O)Nc2ccc(C34CC5CC(CC(C5)C3)C4)cc2)s1. The van der Waals surface area contributed by atoms with E-state index in [1.54, 1.807) is 0 Å². The Labute approximate surface area is 174 Å². The van der Waals surface area contributed by atoms with E-state index in [0.29, 0.717) is 11.1 Å². The molecule has 1 amide bonds.